The van der Waals surface area contributed by atoms with Crippen LogP contribution < -0.4 is 19.1 Å². The van der Waals surface area contributed by atoms with Crippen LogP contribution >= 0.6 is 22.9 Å². The number of aromatic nitrogens is 1. The summed E-state index contributed by atoms with van der Waals surface area (Å²) in [5, 5.41) is 15.6. The van der Waals surface area contributed by atoms with Gasteiger partial charge in [-0.15, -0.1) is 11.3 Å². The number of methoxy groups -OCH3 is 2. The molecule has 2 heterocycles. The second-order valence-corrected chi connectivity index (χ2v) is 15.1. The van der Waals surface area contributed by atoms with Crippen molar-refractivity contribution >= 4 is 49.9 Å². The molecule has 3 aromatic carbocycles. The fourth-order valence-electron chi connectivity index (χ4n) is 6.01. The highest BCUT2D eigenvalue weighted by atomic mass is 35.5. The van der Waals surface area contributed by atoms with Crippen molar-refractivity contribution < 1.29 is 36.9 Å². The van der Waals surface area contributed by atoms with E-state index in [1.807, 2.05) is 37.3 Å². The summed E-state index contributed by atoms with van der Waals surface area (Å²) in [6.07, 6.45) is 2.22. The largest absolute Gasteiger partial charge is 0.497 e. The summed E-state index contributed by atoms with van der Waals surface area (Å²) in [5.74, 6) is -0.146. The number of anilines is 2. The van der Waals surface area contributed by atoms with Gasteiger partial charge in [-0.1, -0.05) is 55.3 Å². The molecule has 0 saturated carbocycles. The lowest BCUT2D eigenvalue weighted by Gasteiger charge is -2.38. The molecule has 1 amide bonds. The van der Waals surface area contributed by atoms with E-state index in [4.69, 9.17) is 25.8 Å². The maximum absolute atomic E-state index is 16.0. The number of benzene rings is 3. The smallest absolute Gasteiger partial charge is 0.410 e. The Kier molecular flexibility index (Phi) is 12.1. The van der Waals surface area contributed by atoms with E-state index in [1.165, 1.54) is 25.3 Å². The van der Waals surface area contributed by atoms with Crippen LogP contribution in [0.25, 0.3) is 0 Å². The number of hydrogen-bond acceptors (Lipinski definition) is 10. The Morgan fingerprint density at radius 2 is 1.96 bits per heavy atom. The van der Waals surface area contributed by atoms with E-state index in [0.29, 0.717) is 29.9 Å². The number of nitrogens with one attached hydrogen (secondary N) is 1. The summed E-state index contributed by atoms with van der Waals surface area (Å²) >= 11 is 7.74. The van der Waals surface area contributed by atoms with E-state index >= 15 is 4.39 Å². The molecule has 5 rings (SSSR count). The molecule has 2 unspecified atom stereocenters. The molecule has 0 spiro atoms. The molecule has 15 heteroatoms. The van der Waals surface area contributed by atoms with E-state index in [1.54, 1.807) is 23.6 Å². The Labute approximate surface area is 300 Å². The van der Waals surface area contributed by atoms with E-state index in [9.17, 15) is 18.3 Å². The minimum atomic E-state index is -4.55. The first-order valence-corrected chi connectivity index (χ1v) is 18.7. The standard InChI is InChI=1S/C35H40ClFN4O7S2/c1-4-5-14-48-34(43)40-22-26(42)20-35(40,19-24-9-7-6-8-10-24)23-39-30-18-29(37)32(17-28(30)36)50(44,45)41(33-38-13-15-49-33)21-25-11-12-27(46-2)16-31(25)47-3/h6-13,15-18,26,39,42H,4-5,14,19-23H2,1-3H3. The quantitative estimate of drug-likeness (QED) is 0.127. The molecule has 1 aliphatic heterocycles. The minimum absolute atomic E-state index is 0.0587. The van der Waals surface area contributed by atoms with Gasteiger partial charge < -0.3 is 24.6 Å². The predicted molar refractivity (Wildman–Crippen MR) is 191 cm³/mol. The summed E-state index contributed by atoms with van der Waals surface area (Å²) in [6, 6.07) is 16.5. The number of likely N-dealkylation sites (tertiary alicyclic amines) is 1. The average molecular weight is 747 g/mol. The topological polar surface area (TPSA) is 131 Å². The number of rotatable bonds is 15. The normalized spacial score (nSPS) is 17.4. The number of carbonyl (C=O) groups is 1. The third kappa shape index (κ3) is 8.26. The van der Waals surface area contributed by atoms with Crippen LogP contribution in [0.15, 0.2) is 77.1 Å². The number of aliphatic hydroxyl groups is 1. The Morgan fingerprint density at radius 3 is 2.64 bits per heavy atom. The van der Waals surface area contributed by atoms with Crippen molar-refractivity contribution in [1.29, 1.82) is 0 Å². The lowest BCUT2D eigenvalue weighted by molar-refractivity contribution is 0.0711. The molecular formula is C35H40ClFN4O7S2. The van der Waals surface area contributed by atoms with Crippen molar-refractivity contribution in [3.8, 4) is 11.5 Å². The van der Waals surface area contributed by atoms with Gasteiger partial charge in [-0.25, -0.2) is 26.9 Å². The number of nitrogens with zero attached hydrogens (tertiary/aromatic N) is 3. The molecule has 1 aliphatic rings. The zero-order chi connectivity index (χ0) is 35.9. The molecule has 50 heavy (non-hydrogen) atoms. The number of carbonyl (C=O) groups excluding carboxylic acids is 1. The molecule has 2 atom stereocenters. The van der Waals surface area contributed by atoms with Gasteiger partial charge in [0, 0.05) is 36.2 Å². The molecule has 1 saturated heterocycles. The van der Waals surface area contributed by atoms with Gasteiger partial charge in [0.1, 0.15) is 22.2 Å². The van der Waals surface area contributed by atoms with Crippen molar-refractivity contribution in [3.63, 3.8) is 0 Å². The Balaban J connectivity index is 1.45. The van der Waals surface area contributed by atoms with Gasteiger partial charge in [0.15, 0.2) is 5.13 Å². The minimum Gasteiger partial charge on any atom is -0.497 e. The third-order valence-electron chi connectivity index (χ3n) is 8.54. The molecule has 0 bridgehead atoms. The molecule has 1 aromatic heterocycles. The first-order valence-electron chi connectivity index (χ1n) is 16.0. The van der Waals surface area contributed by atoms with Crippen molar-refractivity contribution in [2.75, 3.05) is 43.5 Å². The maximum atomic E-state index is 16.0. The second-order valence-electron chi connectivity index (χ2n) is 11.9. The van der Waals surface area contributed by atoms with Crippen LogP contribution in [0.4, 0.5) is 20.0 Å². The van der Waals surface area contributed by atoms with Crippen LogP contribution in [0, 0.1) is 5.82 Å². The first kappa shape index (κ1) is 37.2. The highest BCUT2D eigenvalue weighted by Crippen LogP contribution is 2.38. The zero-order valence-electron chi connectivity index (χ0n) is 28.0. The van der Waals surface area contributed by atoms with Crippen LogP contribution in [-0.2, 0) is 27.7 Å². The Hall–Kier alpha value is -4.11. The van der Waals surface area contributed by atoms with Crippen LogP contribution in [-0.4, -0.2) is 75.1 Å². The van der Waals surface area contributed by atoms with E-state index in [2.05, 4.69) is 10.3 Å². The van der Waals surface area contributed by atoms with Gasteiger partial charge in [0.05, 0.1) is 56.3 Å². The third-order valence-corrected chi connectivity index (χ3v) is 11.5. The van der Waals surface area contributed by atoms with Crippen molar-refractivity contribution in [2.24, 2.45) is 0 Å². The highest BCUT2D eigenvalue weighted by Gasteiger charge is 2.48. The molecular weight excluding hydrogens is 707 g/mol. The molecule has 11 nitrogen and oxygen atoms in total. The highest BCUT2D eigenvalue weighted by molar-refractivity contribution is 7.93. The summed E-state index contributed by atoms with van der Waals surface area (Å²) < 4.78 is 61.6. The molecule has 4 aromatic rings. The molecule has 0 aliphatic carbocycles. The summed E-state index contributed by atoms with van der Waals surface area (Å²) in [5.41, 5.74) is 0.573. The lowest BCUT2D eigenvalue weighted by Crippen LogP contribution is -2.53. The van der Waals surface area contributed by atoms with Crippen LogP contribution in [0.2, 0.25) is 5.02 Å². The number of unbranched alkanes of at least 4 members (excludes halogenated alkanes) is 1. The Bertz CT molecular complexity index is 1870. The molecule has 2 N–H and O–H groups in total. The number of halogens is 2. The van der Waals surface area contributed by atoms with Crippen molar-refractivity contribution in [1.82, 2.24) is 9.88 Å². The van der Waals surface area contributed by atoms with Gasteiger partial charge >= 0.3 is 6.09 Å². The fraction of sp³-hybridized carbons (Fsp3) is 0.371. The van der Waals surface area contributed by atoms with Crippen LogP contribution in [0.3, 0.4) is 0 Å². The molecule has 1 fully saturated rings. The number of β-amino-alcohol motifs (C(OH)–C–C–N with tert-alkyl or cyclic N) is 1. The second kappa shape index (κ2) is 16.3. The Morgan fingerprint density at radius 1 is 1.18 bits per heavy atom. The summed E-state index contributed by atoms with van der Waals surface area (Å²) in [7, 11) is -1.59. The fourth-order valence-corrected chi connectivity index (χ4v) is 8.65. The van der Waals surface area contributed by atoms with Gasteiger partial charge in [-0.05, 0) is 42.7 Å². The van der Waals surface area contributed by atoms with Gasteiger partial charge in [-0.3, -0.25) is 4.90 Å². The zero-order valence-corrected chi connectivity index (χ0v) is 30.4. The van der Waals surface area contributed by atoms with E-state index < -0.39 is 38.5 Å². The maximum Gasteiger partial charge on any atom is 0.410 e. The van der Waals surface area contributed by atoms with Gasteiger partial charge in [0.25, 0.3) is 10.0 Å². The predicted octanol–water partition coefficient (Wildman–Crippen LogP) is 6.75. The summed E-state index contributed by atoms with van der Waals surface area (Å²) in [4.78, 5) is 18.4. The van der Waals surface area contributed by atoms with Crippen molar-refractivity contribution in [3.05, 3.63) is 94.2 Å². The number of aliphatic hydroxyl groups excluding tert-OH is 1. The number of ether oxygens (including phenoxy) is 3. The van der Waals surface area contributed by atoms with Crippen LogP contribution in [0.1, 0.15) is 37.3 Å². The number of thiazole rings is 1. The van der Waals surface area contributed by atoms with Crippen molar-refractivity contribution in [2.45, 2.75) is 55.7 Å². The first-order chi connectivity index (χ1) is 24.0. The van der Waals surface area contributed by atoms with E-state index in [0.717, 1.165) is 39.8 Å². The summed E-state index contributed by atoms with van der Waals surface area (Å²) in [6.45, 7) is 2.15. The molecule has 0 radical (unpaired) electrons. The monoisotopic (exact) mass is 746 g/mol. The molecule has 268 valence electrons. The lowest BCUT2D eigenvalue weighted by atomic mass is 9.87. The number of hydrogen-bond donors (Lipinski definition) is 2. The number of sulfonamides is 1. The number of amides is 1. The van der Waals surface area contributed by atoms with Crippen LogP contribution in [0.5, 0.6) is 11.5 Å². The van der Waals surface area contributed by atoms with E-state index in [-0.39, 0.29) is 48.5 Å². The van der Waals surface area contributed by atoms with Gasteiger partial charge in [0.2, 0.25) is 0 Å². The SMILES string of the molecule is CCCCOC(=O)N1CC(O)CC1(CNc1cc(F)c(S(=O)(=O)N(Cc2ccc(OC)cc2OC)c2nccs2)cc1Cl)Cc1ccccc1. The average Bonchev–Trinajstić information content (AvgIpc) is 3.75. The van der Waals surface area contributed by atoms with Gasteiger partial charge in [-0.2, -0.15) is 0 Å².